The van der Waals surface area contributed by atoms with Gasteiger partial charge in [-0.1, -0.05) is 22.0 Å². The maximum Gasteiger partial charge on any atom is 0.0351 e. The third-order valence-electron chi connectivity index (χ3n) is 4.20. The smallest absolute Gasteiger partial charge is 0.0351 e. The molecular weight excluding hydrogens is 288 g/mol. The topological polar surface area (TPSA) is 15.3 Å². The largest absolute Gasteiger partial charge is 0.315 e. The monoisotopic (exact) mass is 308 g/mol. The molecule has 1 unspecified atom stereocenters. The molecule has 2 nitrogen and oxygen atoms in total. The molecule has 1 heterocycles. The quantitative estimate of drug-likeness (QED) is 0.857. The van der Waals surface area contributed by atoms with E-state index in [9.17, 15) is 0 Å². The number of aryl methyl sites for hydroxylation is 1. The van der Waals surface area contributed by atoms with Gasteiger partial charge in [-0.3, -0.25) is 4.90 Å². The van der Waals surface area contributed by atoms with Gasteiger partial charge in [-0.2, -0.15) is 0 Å². The van der Waals surface area contributed by atoms with Crippen molar-refractivity contribution in [1.82, 2.24) is 10.2 Å². The van der Waals surface area contributed by atoms with E-state index < -0.39 is 0 Å². The summed E-state index contributed by atoms with van der Waals surface area (Å²) in [5.41, 5.74) is 3.13. The van der Waals surface area contributed by atoms with E-state index in [0.717, 1.165) is 6.54 Å². The lowest BCUT2D eigenvalue weighted by Crippen LogP contribution is -2.34. The van der Waals surface area contributed by atoms with Crippen LogP contribution in [0, 0.1) is 0 Å². The molecule has 0 amide bonds. The highest BCUT2D eigenvalue weighted by molar-refractivity contribution is 9.10. The van der Waals surface area contributed by atoms with Crippen molar-refractivity contribution in [3.05, 3.63) is 33.8 Å². The van der Waals surface area contributed by atoms with Crippen LogP contribution in [-0.2, 0) is 6.42 Å². The predicted molar refractivity (Wildman–Crippen MR) is 78.9 cm³/mol. The van der Waals surface area contributed by atoms with Gasteiger partial charge in [0.2, 0.25) is 0 Å². The molecule has 0 saturated carbocycles. The summed E-state index contributed by atoms with van der Waals surface area (Å²) < 4.78 is 1.22. The second-order valence-electron chi connectivity index (χ2n) is 5.39. The van der Waals surface area contributed by atoms with Crippen molar-refractivity contribution in [2.45, 2.75) is 31.7 Å². The van der Waals surface area contributed by atoms with Crippen molar-refractivity contribution < 1.29 is 0 Å². The number of halogens is 1. The highest BCUT2D eigenvalue weighted by Gasteiger charge is 2.26. The molecule has 1 saturated heterocycles. The molecule has 1 fully saturated rings. The molecule has 1 aromatic carbocycles. The molecule has 0 bridgehead atoms. The van der Waals surface area contributed by atoms with Crippen molar-refractivity contribution in [3.8, 4) is 0 Å². The Balaban J connectivity index is 1.85. The first-order chi connectivity index (χ1) is 8.84. The van der Waals surface area contributed by atoms with Gasteiger partial charge in [0.05, 0.1) is 0 Å². The number of rotatable bonds is 1. The molecular formula is C15H21BrN2. The lowest BCUT2D eigenvalue weighted by molar-refractivity contribution is 0.190. The van der Waals surface area contributed by atoms with Crippen LogP contribution in [0.5, 0.6) is 0 Å². The minimum absolute atomic E-state index is 0.654. The van der Waals surface area contributed by atoms with E-state index in [4.69, 9.17) is 0 Å². The van der Waals surface area contributed by atoms with Gasteiger partial charge >= 0.3 is 0 Å². The van der Waals surface area contributed by atoms with Crippen LogP contribution in [-0.4, -0.2) is 31.1 Å². The van der Waals surface area contributed by atoms with Crippen LogP contribution >= 0.6 is 15.9 Å². The van der Waals surface area contributed by atoms with Crippen molar-refractivity contribution in [2.75, 3.05) is 26.2 Å². The zero-order chi connectivity index (χ0) is 12.4. The van der Waals surface area contributed by atoms with E-state index in [-0.39, 0.29) is 0 Å². The predicted octanol–water partition coefficient (Wildman–Crippen LogP) is 3.12. The number of hydrogen-bond acceptors (Lipinski definition) is 2. The number of nitrogens with one attached hydrogen (secondary N) is 1. The molecule has 2 aliphatic rings. The lowest BCUT2D eigenvalue weighted by atomic mass is 9.86. The summed E-state index contributed by atoms with van der Waals surface area (Å²) in [5, 5.41) is 3.50. The molecule has 3 heteroatoms. The number of hydrogen-bond donors (Lipinski definition) is 1. The Bertz CT molecular complexity index is 411. The molecule has 98 valence electrons. The van der Waals surface area contributed by atoms with E-state index in [0.29, 0.717) is 6.04 Å². The Morgan fingerprint density at radius 2 is 2.11 bits per heavy atom. The van der Waals surface area contributed by atoms with E-state index in [1.54, 1.807) is 11.1 Å². The molecule has 1 aliphatic carbocycles. The third kappa shape index (κ3) is 2.63. The minimum atomic E-state index is 0.654. The van der Waals surface area contributed by atoms with Crippen molar-refractivity contribution >= 4 is 15.9 Å². The van der Waals surface area contributed by atoms with Gasteiger partial charge in [0.25, 0.3) is 0 Å². The van der Waals surface area contributed by atoms with Gasteiger partial charge in [-0.25, -0.2) is 0 Å². The fourth-order valence-corrected chi connectivity index (χ4v) is 3.72. The second-order valence-corrected chi connectivity index (χ2v) is 6.31. The van der Waals surface area contributed by atoms with Gasteiger partial charge in [0.1, 0.15) is 0 Å². The van der Waals surface area contributed by atoms with Crippen LogP contribution in [0.2, 0.25) is 0 Å². The molecule has 1 aliphatic heterocycles. The molecule has 0 radical (unpaired) electrons. The van der Waals surface area contributed by atoms with E-state index in [1.807, 2.05) is 0 Å². The highest BCUT2D eigenvalue weighted by atomic mass is 79.9. The first-order valence-corrected chi connectivity index (χ1v) is 7.87. The Morgan fingerprint density at radius 3 is 3.06 bits per heavy atom. The first-order valence-electron chi connectivity index (χ1n) is 7.08. The second kappa shape index (κ2) is 5.72. The molecule has 18 heavy (non-hydrogen) atoms. The fourth-order valence-electron chi connectivity index (χ4n) is 3.31. The Morgan fingerprint density at radius 1 is 1.17 bits per heavy atom. The van der Waals surface area contributed by atoms with Crippen molar-refractivity contribution in [3.63, 3.8) is 0 Å². The average molecular weight is 309 g/mol. The van der Waals surface area contributed by atoms with Crippen molar-refractivity contribution in [2.24, 2.45) is 0 Å². The van der Waals surface area contributed by atoms with E-state index in [1.165, 1.54) is 49.8 Å². The lowest BCUT2D eigenvalue weighted by Gasteiger charge is -2.35. The van der Waals surface area contributed by atoms with E-state index in [2.05, 4.69) is 44.3 Å². The Labute approximate surface area is 118 Å². The standard InChI is InChI=1S/C15H21BrN2/c16-13-5-6-14-12(11-13)3-1-4-15(14)18-9-2-7-17-8-10-18/h5-6,11,15,17H,1-4,7-10H2. The van der Waals surface area contributed by atoms with Crippen LogP contribution in [0.3, 0.4) is 0 Å². The molecule has 1 aromatic rings. The Hall–Kier alpha value is -0.380. The van der Waals surface area contributed by atoms with E-state index >= 15 is 0 Å². The number of fused-ring (bicyclic) bond motifs is 1. The zero-order valence-electron chi connectivity index (χ0n) is 10.8. The molecule has 1 N–H and O–H groups in total. The molecule has 1 atom stereocenters. The third-order valence-corrected chi connectivity index (χ3v) is 4.70. The van der Waals surface area contributed by atoms with Gasteiger partial charge in [0.15, 0.2) is 0 Å². The minimum Gasteiger partial charge on any atom is -0.315 e. The summed E-state index contributed by atoms with van der Waals surface area (Å²) in [7, 11) is 0. The van der Waals surface area contributed by atoms with Crippen LogP contribution in [0.1, 0.15) is 36.4 Å². The van der Waals surface area contributed by atoms with Gasteiger partial charge in [-0.05, 0) is 55.5 Å². The fraction of sp³-hybridized carbons (Fsp3) is 0.600. The summed E-state index contributed by atoms with van der Waals surface area (Å²) in [6.45, 7) is 4.76. The van der Waals surface area contributed by atoms with Crippen LogP contribution in [0.4, 0.5) is 0 Å². The summed E-state index contributed by atoms with van der Waals surface area (Å²) in [6.07, 6.45) is 5.19. The average Bonchev–Trinajstić information content (AvgIpc) is 2.66. The van der Waals surface area contributed by atoms with Crippen molar-refractivity contribution in [1.29, 1.82) is 0 Å². The van der Waals surface area contributed by atoms with Gasteiger partial charge in [-0.15, -0.1) is 0 Å². The molecule has 3 rings (SSSR count). The summed E-state index contributed by atoms with van der Waals surface area (Å²) in [4.78, 5) is 2.69. The van der Waals surface area contributed by atoms with Gasteiger partial charge < -0.3 is 5.32 Å². The summed E-state index contributed by atoms with van der Waals surface area (Å²) in [6, 6.07) is 7.51. The summed E-state index contributed by atoms with van der Waals surface area (Å²) in [5.74, 6) is 0. The molecule has 0 spiro atoms. The number of benzene rings is 1. The summed E-state index contributed by atoms with van der Waals surface area (Å²) >= 11 is 3.60. The molecule has 0 aromatic heterocycles. The van der Waals surface area contributed by atoms with Crippen LogP contribution in [0.15, 0.2) is 22.7 Å². The highest BCUT2D eigenvalue weighted by Crippen LogP contribution is 2.35. The van der Waals surface area contributed by atoms with Crippen LogP contribution in [0.25, 0.3) is 0 Å². The maximum absolute atomic E-state index is 3.60. The first kappa shape index (κ1) is 12.6. The normalized spacial score (nSPS) is 25.5. The Kier molecular flexibility index (Phi) is 4.02. The van der Waals surface area contributed by atoms with Gasteiger partial charge in [0, 0.05) is 30.1 Å². The zero-order valence-corrected chi connectivity index (χ0v) is 12.4. The SMILES string of the molecule is Brc1ccc2c(c1)CCCC2N1CCCNCC1. The number of nitrogens with zero attached hydrogens (tertiary/aromatic N) is 1. The van der Waals surface area contributed by atoms with Crippen LogP contribution < -0.4 is 5.32 Å². The maximum atomic E-state index is 3.60.